The smallest absolute Gasteiger partial charge is 0.319 e. The van der Waals surface area contributed by atoms with Crippen molar-refractivity contribution in [3.63, 3.8) is 0 Å². The van der Waals surface area contributed by atoms with Gasteiger partial charge in [0.1, 0.15) is 11.3 Å². The number of carbonyl (C=O) groups excluding carboxylic acids is 2. The Morgan fingerprint density at radius 1 is 1.21 bits per heavy atom. The fourth-order valence-electron chi connectivity index (χ4n) is 3.96. The SMILES string of the molecule is COc1ccc(Cl)cc1NC(=O)NCc1ccc(CN2C(=N)NC(C)(CC(C)C)C2=O)cc1. The van der Waals surface area contributed by atoms with Crippen molar-refractivity contribution in [1.82, 2.24) is 15.5 Å². The van der Waals surface area contributed by atoms with Gasteiger partial charge in [0.05, 0.1) is 19.3 Å². The van der Waals surface area contributed by atoms with E-state index in [9.17, 15) is 9.59 Å². The number of nitrogens with zero attached hydrogens (tertiary/aromatic N) is 1. The Balaban J connectivity index is 1.56. The zero-order valence-corrected chi connectivity index (χ0v) is 20.0. The summed E-state index contributed by atoms with van der Waals surface area (Å²) in [7, 11) is 1.52. The second-order valence-corrected chi connectivity index (χ2v) is 9.20. The lowest BCUT2D eigenvalue weighted by Crippen LogP contribution is -2.44. The molecule has 1 saturated heterocycles. The highest BCUT2D eigenvalue weighted by atomic mass is 35.5. The molecular formula is C24H30ClN5O3. The van der Waals surface area contributed by atoms with Crippen molar-refractivity contribution < 1.29 is 14.3 Å². The number of methoxy groups -OCH3 is 1. The van der Waals surface area contributed by atoms with E-state index >= 15 is 0 Å². The predicted octanol–water partition coefficient (Wildman–Crippen LogP) is 4.34. The molecule has 0 aliphatic carbocycles. The first-order valence-corrected chi connectivity index (χ1v) is 11.1. The highest BCUT2D eigenvalue weighted by Gasteiger charge is 2.45. The van der Waals surface area contributed by atoms with E-state index in [4.69, 9.17) is 21.7 Å². The van der Waals surface area contributed by atoms with Crippen LogP contribution in [-0.2, 0) is 17.9 Å². The third-order valence-corrected chi connectivity index (χ3v) is 5.66. The highest BCUT2D eigenvalue weighted by Crippen LogP contribution is 2.28. The summed E-state index contributed by atoms with van der Waals surface area (Å²) in [6.45, 7) is 6.61. The maximum Gasteiger partial charge on any atom is 0.319 e. The maximum atomic E-state index is 12.9. The molecular weight excluding hydrogens is 442 g/mol. The average Bonchev–Trinajstić information content (AvgIpc) is 2.95. The zero-order chi connectivity index (χ0) is 24.2. The number of hydrogen-bond acceptors (Lipinski definition) is 4. The number of anilines is 1. The molecule has 0 saturated carbocycles. The Hall–Kier alpha value is -3.26. The van der Waals surface area contributed by atoms with E-state index in [0.29, 0.717) is 41.9 Å². The molecule has 2 aromatic carbocycles. The van der Waals surface area contributed by atoms with Crippen molar-refractivity contribution in [1.29, 1.82) is 5.41 Å². The number of urea groups is 1. The lowest BCUT2D eigenvalue weighted by atomic mass is 9.91. The van der Waals surface area contributed by atoms with Gasteiger partial charge in [-0.25, -0.2) is 4.79 Å². The summed E-state index contributed by atoms with van der Waals surface area (Å²) in [5.41, 5.74) is 1.54. The van der Waals surface area contributed by atoms with Crippen LogP contribution in [-0.4, -0.2) is 35.4 Å². The molecule has 176 valence electrons. The number of carbonyl (C=O) groups is 2. The van der Waals surface area contributed by atoms with Crippen molar-refractivity contribution in [2.45, 2.75) is 45.8 Å². The fourth-order valence-corrected chi connectivity index (χ4v) is 4.13. The summed E-state index contributed by atoms with van der Waals surface area (Å²) >= 11 is 5.99. The van der Waals surface area contributed by atoms with Gasteiger partial charge in [-0.15, -0.1) is 0 Å². The van der Waals surface area contributed by atoms with Gasteiger partial charge < -0.3 is 20.7 Å². The molecule has 1 unspecified atom stereocenters. The van der Waals surface area contributed by atoms with Gasteiger partial charge >= 0.3 is 6.03 Å². The Kier molecular flexibility index (Phi) is 7.48. The van der Waals surface area contributed by atoms with E-state index in [1.54, 1.807) is 18.2 Å². The van der Waals surface area contributed by atoms with Crippen LogP contribution in [0.15, 0.2) is 42.5 Å². The van der Waals surface area contributed by atoms with Crippen LogP contribution in [0.2, 0.25) is 5.02 Å². The molecule has 1 heterocycles. The zero-order valence-electron chi connectivity index (χ0n) is 19.3. The number of hydrogen-bond donors (Lipinski definition) is 4. The van der Waals surface area contributed by atoms with Crippen LogP contribution in [0, 0.1) is 11.3 Å². The Bertz CT molecular complexity index is 1040. The van der Waals surface area contributed by atoms with Crippen molar-refractivity contribution in [3.8, 4) is 5.75 Å². The van der Waals surface area contributed by atoms with Gasteiger partial charge in [-0.2, -0.15) is 0 Å². The average molecular weight is 472 g/mol. The first-order chi connectivity index (χ1) is 15.6. The Labute approximate surface area is 199 Å². The van der Waals surface area contributed by atoms with Crippen molar-refractivity contribution >= 4 is 35.2 Å². The number of nitrogens with one attached hydrogen (secondary N) is 4. The van der Waals surface area contributed by atoms with E-state index in [-0.39, 0.29) is 17.9 Å². The number of benzene rings is 2. The minimum atomic E-state index is -0.742. The molecule has 0 spiro atoms. The first-order valence-electron chi connectivity index (χ1n) is 10.8. The molecule has 1 fully saturated rings. The lowest BCUT2D eigenvalue weighted by Gasteiger charge is -2.24. The van der Waals surface area contributed by atoms with E-state index in [0.717, 1.165) is 11.1 Å². The summed E-state index contributed by atoms with van der Waals surface area (Å²) in [6, 6.07) is 12.2. The molecule has 2 aromatic rings. The van der Waals surface area contributed by atoms with Crippen LogP contribution in [0.5, 0.6) is 5.75 Å². The summed E-state index contributed by atoms with van der Waals surface area (Å²) in [5, 5.41) is 17.3. The minimum absolute atomic E-state index is 0.0833. The monoisotopic (exact) mass is 471 g/mol. The number of guanidine groups is 1. The summed E-state index contributed by atoms with van der Waals surface area (Å²) in [5.74, 6) is 0.894. The van der Waals surface area contributed by atoms with Crippen LogP contribution in [0.4, 0.5) is 10.5 Å². The van der Waals surface area contributed by atoms with Gasteiger partial charge in [-0.3, -0.25) is 15.1 Å². The summed E-state index contributed by atoms with van der Waals surface area (Å²) < 4.78 is 5.23. The molecule has 0 bridgehead atoms. The van der Waals surface area contributed by atoms with Crippen molar-refractivity contribution in [3.05, 3.63) is 58.6 Å². The fraction of sp³-hybridized carbons (Fsp3) is 0.375. The largest absolute Gasteiger partial charge is 0.495 e. The normalized spacial score (nSPS) is 17.8. The van der Waals surface area contributed by atoms with Crippen molar-refractivity contribution in [2.75, 3.05) is 12.4 Å². The van der Waals surface area contributed by atoms with Gasteiger partial charge in [0, 0.05) is 11.6 Å². The van der Waals surface area contributed by atoms with Crippen LogP contribution in [0.25, 0.3) is 0 Å². The molecule has 0 aromatic heterocycles. The molecule has 33 heavy (non-hydrogen) atoms. The second-order valence-electron chi connectivity index (χ2n) is 8.76. The number of ether oxygens (including phenoxy) is 1. The third-order valence-electron chi connectivity index (χ3n) is 5.42. The van der Waals surface area contributed by atoms with Gasteiger partial charge in [0.2, 0.25) is 0 Å². The Morgan fingerprint density at radius 3 is 2.52 bits per heavy atom. The predicted molar refractivity (Wildman–Crippen MR) is 130 cm³/mol. The third kappa shape index (κ3) is 5.96. The number of amides is 3. The van der Waals surface area contributed by atoms with E-state index in [2.05, 4.69) is 29.8 Å². The van der Waals surface area contributed by atoms with Gasteiger partial charge in [-0.1, -0.05) is 49.7 Å². The Morgan fingerprint density at radius 2 is 1.88 bits per heavy atom. The topological polar surface area (TPSA) is 107 Å². The van der Waals surface area contributed by atoms with Gasteiger partial charge in [-0.05, 0) is 48.6 Å². The molecule has 0 radical (unpaired) electrons. The minimum Gasteiger partial charge on any atom is -0.495 e. The summed E-state index contributed by atoms with van der Waals surface area (Å²) in [4.78, 5) is 26.6. The van der Waals surface area contributed by atoms with Gasteiger partial charge in [0.25, 0.3) is 5.91 Å². The van der Waals surface area contributed by atoms with Crippen molar-refractivity contribution in [2.24, 2.45) is 5.92 Å². The maximum absolute atomic E-state index is 12.9. The second kappa shape index (κ2) is 10.1. The lowest BCUT2D eigenvalue weighted by molar-refractivity contribution is -0.131. The number of rotatable bonds is 8. The molecule has 8 nitrogen and oxygen atoms in total. The van der Waals surface area contributed by atoms with E-state index in [1.807, 2.05) is 31.2 Å². The standard InChI is InChI=1S/C24H30ClN5O3/c1-15(2)12-24(3)21(31)30(22(26)29-24)14-17-7-5-16(6-8-17)13-27-23(32)28-19-11-18(25)9-10-20(19)33-4/h5-11,15H,12-14H2,1-4H3,(H2,26,29)(H2,27,28,32). The van der Waals surface area contributed by atoms with Crippen LogP contribution in [0.3, 0.4) is 0 Å². The number of halogens is 1. The van der Waals surface area contributed by atoms with Crippen LogP contribution in [0.1, 0.15) is 38.3 Å². The molecule has 3 amide bonds. The van der Waals surface area contributed by atoms with E-state index < -0.39 is 5.54 Å². The molecule has 9 heteroatoms. The van der Waals surface area contributed by atoms with Gasteiger partial charge in [0.15, 0.2) is 5.96 Å². The molecule has 1 aliphatic rings. The quantitative estimate of drug-likeness (QED) is 0.459. The van der Waals surface area contributed by atoms with E-state index in [1.165, 1.54) is 12.0 Å². The molecule has 1 aliphatic heterocycles. The molecule has 1 atom stereocenters. The highest BCUT2D eigenvalue weighted by molar-refractivity contribution is 6.31. The summed E-state index contributed by atoms with van der Waals surface area (Å²) in [6.07, 6.45) is 0.665. The van der Waals surface area contributed by atoms with Crippen LogP contribution >= 0.6 is 11.6 Å². The molecule has 3 rings (SSSR count). The first kappa shape index (κ1) is 24.4. The molecule has 4 N–H and O–H groups in total. The van der Waals surface area contributed by atoms with Crippen LogP contribution < -0.4 is 20.7 Å².